The standard InChI is InChI=1S/C19H23NO2/c1-16(21)12-13-19(18-10-6-3-7-11-18)20-15-22-14-17-8-4-2-5-9-17/h2-8,10-11,14,19-20H,9,12-13,15H2,1H3. The number of hydrogen-bond donors (Lipinski definition) is 1. The van der Waals surface area contributed by atoms with Crippen molar-refractivity contribution in [2.45, 2.75) is 32.2 Å². The van der Waals surface area contributed by atoms with Gasteiger partial charge >= 0.3 is 0 Å². The van der Waals surface area contributed by atoms with Gasteiger partial charge in [0.15, 0.2) is 0 Å². The van der Waals surface area contributed by atoms with Crippen LogP contribution in [0.4, 0.5) is 0 Å². The Morgan fingerprint density at radius 3 is 2.82 bits per heavy atom. The molecule has 3 heteroatoms. The number of hydrogen-bond acceptors (Lipinski definition) is 3. The quantitative estimate of drug-likeness (QED) is 0.447. The van der Waals surface area contributed by atoms with Crippen LogP contribution in [-0.2, 0) is 9.53 Å². The minimum absolute atomic E-state index is 0.130. The SMILES string of the molecule is CC(=O)CCC(NCOC=C1C=CC=CC1)c1ccccc1. The molecule has 0 heterocycles. The summed E-state index contributed by atoms with van der Waals surface area (Å²) in [4.78, 5) is 11.2. The van der Waals surface area contributed by atoms with E-state index in [1.54, 1.807) is 13.2 Å². The van der Waals surface area contributed by atoms with Crippen LogP contribution in [0.2, 0.25) is 0 Å². The average Bonchev–Trinajstić information content (AvgIpc) is 2.56. The summed E-state index contributed by atoms with van der Waals surface area (Å²) < 4.78 is 5.59. The van der Waals surface area contributed by atoms with E-state index in [1.807, 2.05) is 36.4 Å². The van der Waals surface area contributed by atoms with Crippen molar-refractivity contribution in [3.8, 4) is 0 Å². The third-order valence-electron chi connectivity index (χ3n) is 3.55. The number of carbonyl (C=O) groups is 1. The van der Waals surface area contributed by atoms with Crippen molar-refractivity contribution in [3.05, 3.63) is 72.0 Å². The van der Waals surface area contributed by atoms with Crippen LogP contribution in [0.15, 0.2) is 66.5 Å². The van der Waals surface area contributed by atoms with Crippen molar-refractivity contribution in [1.29, 1.82) is 0 Å². The first-order chi connectivity index (χ1) is 10.8. The predicted octanol–water partition coefficient (Wildman–Crippen LogP) is 4.06. The molecule has 22 heavy (non-hydrogen) atoms. The van der Waals surface area contributed by atoms with Gasteiger partial charge < -0.3 is 9.53 Å². The summed E-state index contributed by atoms with van der Waals surface area (Å²) in [6.45, 7) is 2.06. The molecular weight excluding hydrogens is 274 g/mol. The lowest BCUT2D eigenvalue weighted by atomic mass is 10.0. The topological polar surface area (TPSA) is 38.3 Å². The monoisotopic (exact) mass is 297 g/mol. The van der Waals surface area contributed by atoms with Gasteiger partial charge in [-0.3, -0.25) is 5.32 Å². The average molecular weight is 297 g/mol. The highest BCUT2D eigenvalue weighted by Crippen LogP contribution is 2.18. The lowest BCUT2D eigenvalue weighted by Gasteiger charge is -2.18. The van der Waals surface area contributed by atoms with Crippen LogP contribution in [0.3, 0.4) is 0 Å². The Morgan fingerprint density at radius 2 is 2.14 bits per heavy atom. The summed E-state index contributed by atoms with van der Waals surface area (Å²) in [6.07, 6.45) is 12.2. The molecule has 0 saturated heterocycles. The first kappa shape index (κ1) is 16.2. The Kier molecular flexibility index (Phi) is 6.65. The molecule has 0 aliphatic heterocycles. The molecule has 0 radical (unpaired) electrons. The Labute approximate surface area is 132 Å². The zero-order chi connectivity index (χ0) is 15.6. The van der Waals surface area contributed by atoms with Gasteiger partial charge in [-0.1, -0.05) is 54.6 Å². The number of rotatable bonds is 8. The summed E-state index contributed by atoms with van der Waals surface area (Å²) in [7, 11) is 0. The third-order valence-corrected chi connectivity index (χ3v) is 3.55. The molecule has 0 saturated carbocycles. The largest absolute Gasteiger partial charge is 0.486 e. The molecule has 116 valence electrons. The van der Waals surface area contributed by atoms with E-state index in [0.717, 1.165) is 18.4 Å². The molecule has 1 unspecified atom stereocenters. The van der Waals surface area contributed by atoms with Gasteiger partial charge in [0.1, 0.15) is 12.5 Å². The first-order valence-electron chi connectivity index (χ1n) is 7.67. The number of nitrogens with one attached hydrogen (secondary N) is 1. The number of carbonyl (C=O) groups excluding carboxylic acids is 1. The molecule has 2 rings (SSSR count). The molecule has 0 bridgehead atoms. The van der Waals surface area contributed by atoms with Gasteiger partial charge in [0, 0.05) is 12.5 Å². The van der Waals surface area contributed by atoms with Gasteiger partial charge in [0.05, 0.1) is 6.26 Å². The maximum absolute atomic E-state index is 11.2. The number of Topliss-reactive ketones (excluding diaryl/α,β-unsaturated/α-hetero) is 1. The van der Waals surface area contributed by atoms with Crippen LogP contribution in [0, 0.1) is 0 Å². The molecular formula is C19H23NO2. The molecule has 0 aromatic heterocycles. The fraction of sp³-hybridized carbons (Fsp3) is 0.316. The number of benzene rings is 1. The molecule has 1 aliphatic carbocycles. The molecule has 1 aliphatic rings. The summed E-state index contributed by atoms with van der Waals surface area (Å²) in [5, 5.41) is 3.37. The number of allylic oxidation sites excluding steroid dienone is 5. The molecule has 1 aromatic carbocycles. The van der Waals surface area contributed by atoms with Crippen LogP contribution in [-0.4, -0.2) is 12.5 Å². The van der Waals surface area contributed by atoms with Gasteiger partial charge in [-0.05, 0) is 30.9 Å². The normalized spacial score (nSPS) is 16.7. The second-order valence-electron chi connectivity index (χ2n) is 5.40. The van der Waals surface area contributed by atoms with E-state index in [1.165, 1.54) is 5.56 Å². The van der Waals surface area contributed by atoms with Crippen molar-refractivity contribution in [3.63, 3.8) is 0 Å². The van der Waals surface area contributed by atoms with E-state index in [-0.39, 0.29) is 11.8 Å². The van der Waals surface area contributed by atoms with Gasteiger partial charge in [-0.2, -0.15) is 0 Å². The lowest BCUT2D eigenvalue weighted by molar-refractivity contribution is -0.117. The van der Waals surface area contributed by atoms with E-state index in [4.69, 9.17) is 4.74 Å². The van der Waals surface area contributed by atoms with Crippen molar-refractivity contribution >= 4 is 5.78 Å². The zero-order valence-electron chi connectivity index (χ0n) is 13.0. The lowest BCUT2D eigenvalue weighted by Crippen LogP contribution is -2.24. The van der Waals surface area contributed by atoms with Gasteiger partial charge in [-0.15, -0.1) is 0 Å². The molecule has 0 amide bonds. The molecule has 1 N–H and O–H groups in total. The third kappa shape index (κ3) is 5.70. The summed E-state index contributed by atoms with van der Waals surface area (Å²) >= 11 is 0. The zero-order valence-corrected chi connectivity index (χ0v) is 13.0. The Bertz CT molecular complexity index is 558. The van der Waals surface area contributed by atoms with E-state index < -0.39 is 0 Å². The van der Waals surface area contributed by atoms with Crippen LogP contribution in [0.1, 0.15) is 37.8 Å². The molecule has 1 aromatic rings. The number of ketones is 1. The van der Waals surface area contributed by atoms with E-state index in [2.05, 4.69) is 23.5 Å². The minimum Gasteiger partial charge on any atom is -0.486 e. The number of ether oxygens (including phenoxy) is 1. The highest BCUT2D eigenvalue weighted by atomic mass is 16.5. The highest BCUT2D eigenvalue weighted by molar-refractivity contribution is 5.75. The maximum Gasteiger partial charge on any atom is 0.139 e. The molecule has 1 atom stereocenters. The van der Waals surface area contributed by atoms with Gasteiger partial charge in [-0.25, -0.2) is 0 Å². The van der Waals surface area contributed by atoms with Crippen molar-refractivity contribution in [2.75, 3.05) is 6.73 Å². The summed E-state index contributed by atoms with van der Waals surface area (Å²) in [6, 6.07) is 10.3. The minimum atomic E-state index is 0.130. The van der Waals surface area contributed by atoms with Crippen LogP contribution >= 0.6 is 0 Å². The molecule has 0 spiro atoms. The summed E-state index contributed by atoms with van der Waals surface area (Å²) in [5.41, 5.74) is 2.34. The van der Waals surface area contributed by atoms with Crippen molar-refractivity contribution in [2.24, 2.45) is 0 Å². The second kappa shape index (κ2) is 9.00. The van der Waals surface area contributed by atoms with E-state index in [0.29, 0.717) is 13.2 Å². The Hall–Kier alpha value is -2.13. The Morgan fingerprint density at radius 1 is 1.32 bits per heavy atom. The highest BCUT2D eigenvalue weighted by Gasteiger charge is 2.11. The fourth-order valence-electron chi connectivity index (χ4n) is 2.33. The van der Waals surface area contributed by atoms with Gasteiger partial charge in [0.2, 0.25) is 0 Å². The van der Waals surface area contributed by atoms with Crippen molar-refractivity contribution in [1.82, 2.24) is 5.32 Å². The molecule has 0 fully saturated rings. The maximum atomic E-state index is 11.2. The van der Waals surface area contributed by atoms with Crippen LogP contribution in [0.5, 0.6) is 0 Å². The smallest absolute Gasteiger partial charge is 0.139 e. The van der Waals surface area contributed by atoms with Crippen LogP contribution in [0.25, 0.3) is 0 Å². The Balaban J connectivity index is 1.85. The predicted molar refractivity (Wildman–Crippen MR) is 89.2 cm³/mol. The fourth-order valence-corrected chi connectivity index (χ4v) is 2.33. The van der Waals surface area contributed by atoms with Gasteiger partial charge in [0.25, 0.3) is 0 Å². The first-order valence-corrected chi connectivity index (χ1v) is 7.67. The van der Waals surface area contributed by atoms with Crippen molar-refractivity contribution < 1.29 is 9.53 Å². The second-order valence-corrected chi connectivity index (χ2v) is 5.40. The summed E-state index contributed by atoms with van der Waals surface area (Å²) in [5.74, 6) is 0.213. The molecule has 3 nitrogen and oxygen atoms in total. The van der Waals surface area contributed by atoms with E-state index in [9.17, 15) is 4.79 Å². The van der Waals surface area contributed by atoms with Crippen LogP contribution < -0.4 is 5.32 Å². The van der Waals surface area contributed by atoms with E-state index >= 15 is 0 Å².